The Bertz CT molecular complexity index is 1250. The van der Waals surface area contributed by atoms with Gasteiger partial charge in [0.1, 0.15) is 5.56 Å². The van der Waals surface area contributed by atoms with Crippen LogP contribution in [0.4, 0.5) is 5.69 Å². The highest BCUT2D eigenvalue weighted by Gasteiger charge is 2.21. The SMILES string of the molecule is CC1=Nc2ccccc2C1=Cc1c(O)n(-c2ccccc2Cl)c(=O)[nH]c1=O. The highest BCUT2D eigenvalue weighted by molar-refractivity contribution is 6.32. The van der Waals surface area contributed by atoms with Gasteiger partial charge in [-0.1, -0.05) is 41.9 Å². The van der Waals surface area contributed by atoms with Crippen LogP contribution in [0.2, 0.25) is 5.02 Å². The second kappa shape index (κ2) is 6.41. The third-order valence-electron chi connectivity index (χ3n) is 4.38. The number of aromatic nitrogens is 2. The molecule has 27 heavy (non-hydrogen) atoms. The maximum absolute atomic E-state index is 12.4. The number of allylic oxidation sites excluding steroid dienone is 1. The lowest BCUT2D eigenvalue weighted by atomic mass is 10.0. The Kier molecular flexibility index (Phi) is 4.05. The molecule has 0 aliphatic carbocycles. The van der Waals surface area contributed by atoms with E-state index < -0.39 is 17.1 Å². The molecule has 1 aromatic heterocycles. The molecule has 2 heterocycles. The number of para-hydroxylation sites is 2. The molecule has 0 radical (unpaired) electrons. The van der Waals surface area contributed by atoms with E-state index in [9.17, 15) is 14.7 Å². The number of nitrogens with one attached hydrogen (secondary N) is 1. The van der Waals surface area contributed by atoms with Gasteiger partial charge in [-0.25, -0.2) is 9.36 Å². The number of benzene rings is 2. The summed E-state index contributed by atoms with van der Waals surface area (Å²) in [5.74, 6) is -0.485. The molecule has 4 rings (SSSR count). The van der Waals surface area contributed by atoms with Crippen molar-refractivity contribution >= 4 is 34.6 Å². The molecule has 2 aromatic carbocycles. The number of hydrogen-bond acceptors (Lipinski definition) is 4. The highest BCUT2D eigenvalue weighted by atomic mass is 35.5. The molecular formula is C20H14ClN3O3. The zero-order chi connectivity index (χ0) is 19.1. The molecule has 1 aliphatic heterocycles. The molecule has 0 unspecified atom stereocenters. The van der Waals surface area contributed by atoms with E-state index in [-0.39, 0.29) is 16.3 Å². The van der Waals surface area contributed by atoms with Crippen LogP contribution in [0.15, 0.2) is 63.1 Å². The van der Waals surface area contributed by atoms with Gasteiger partial charge in [0.2, 0.25) is 5.88 Å². The lowest BCUT2D eigenvalue weighted by Gasteiger charge is -2.11. The first-order valence-corrected chi connectivity index (χ1v) is 8.55. The Hall–Kier alpha value is -3.38. The predicted molar refractivity (Wildman–Crippen MR) is 106 cm³/mol. The summed E-state index contributed by atoms with van der Waals surface area (Å²) >= 11 is 6.16. The molecule has 0 spiro atoms. The average Bonchev–Trinajstić information content (AvgIpc) is 2.95. The second-order valence-corrected chi connectivity index (χ2v) is 6.46. The maximum Gasteiger partial charge on any atom is 0.335 e. The van der Waals surface area contributed by atoms with Gasteiger partial charge < -0.3 is 5.11 Å². The number of hydrogen-bond donors (Lipinski definition) is 2. The average molecular weight is 380 g/mol. The van der Waals surface area contributed by atoms with Crippen LogP contribution in [0.3, 0.4) is 0 Å². The molecule has 0 fully saturated rings. The van der Waals surface area contributed by atoms with Crippen molar-refractivity contribution in [1.82, 2.24) is 9.55 Å². The van der Waals surface area contributed by atoms with E-state index in [4.69, 9.17) is 11.6 Å². The number of halogens is 1. The molecule has 7 heteroatoms. The van der Waals surface area contributed by atoms with E-state index >= 15 is 0 Å². The summed E-state index contributed by atoms with van der Waals surface area (Å²) in [7, 11) is 0. The molecule has 0 atom stereocenters. The Morgan fingerprint density at radius 1 is 1.11 bits per heavy atom. The molecule has 134 valence electrons. The molecule has 2 N–H and O–H groups in total. The smallest absolute Gasteiger partial charge is 0.335 e. The van der Waals surface area contributed by atoms with Crippen molar-refractivity contribution in [1.29, 1.82) is 0 Å². The first-order valence-electron chi connectivity index (χ1n) is 8.17. The van der Waals surface area contributed by atoms with Gasteiger partial charge in [-0.15, -0.1) is 0 Å². The number of aliphatic imine (C=N–C) groups is 1. The summed E-state index contributed by atoms with van der Waals surface area (Å²) in [6.45, 7) is 1.82. The van der Waals surface area contributed by atoms with E-state index in [0.29, 0.717) is 11.3 Å². The zero-order valence-corrected chi connectivity index (χ0v) is 15.0. The van der Waals surface area contributed by atoms with Gasteiger partial charge >= 0.3 is 5.69 Å². The van der Waals surface area contributed by atoms with Crippen LogP contribution in [0.25, 0.3) is 17.3 Å². The second-order valence-electron chi connectivity index (χ2n) is 6.06. The number of rotatable bonds is 2. The van der Waals surface area contributed by atoms with Gasteiger partial charge in [0.05, 0.1) is 16.4 Å². The fourth-order valence-corrected chi connectivity index (χ4v) is 3.31. The molecule has 1 aliphatic rings. The minimum Gasteiger partial charge on any atom is -0.494 e. The summed E-state index contributed by atoms with van der Waals surface area (Å²) in [5, 5.41) is 11.0. The molecule has 6 nitrogen and oxygen atoms in total. The summed E-state index contributed by atoms with van der Waals surface area (Å²) in [6.07, 6.45) is 1.53. The van der Waals surface area contributed by atoms with Gasteiger partial charge in [-0.2, -0.15) is 0 Å². The van der Waals surface area contributed by atoms with Gasteiger partial charge in [-0.3, -0.25) is 14.8 Å². The Morgan fingerprint density at radius 2 is 1.81 bits per heavy atom. The van der Waals surface area contributed by atoms with Crippen molar-refractivity contribution in [3.8, 4) is 11.6 Å². The van der Waals surface area contributed by atoms with Crippen molar-refractivity contribution in [3.05, 3.63) is 85.5 Å². The third kappa shape index (κ3) is 2.80. The van der Waals surface area contributed by atoms with Crippen LogP contribution < -0.4 is 11.2 Å². The van der Waals surface area contributed by atoms with Crippen molar-refractivity contribution < 1.29 is 5.11 Å². The Morgan fingerprint density at radius 3 is 2.59 bits per heavy atom. The van der Waals surface area contributed by atoms with Crippen LogP contribution in [0.5, 0.6) is 5.88 Å². The minimum atomic E-state index is -0.773. The first-order chi connectivity index (χ1) is 13.0. The quantitative estimate of drug-likeness (QED) is 0.714. The lowest BCUT2D eigenvalue weighted by molar-refractivity contribution is 0.429. The first kappa shape index (κ1) is 17.1. The molecule has 0 bridgehead atoms. The van der Waals surface area contributed by atoms with Crippen molar-refractivity contribution in [2.75, 3.05) is 0 Å². The van der Waals surface area contributed by atoms with Crippen LogP contribution in [0.1, 0.15) is 18.1 Å². The summed E-state index contributed by atoms with van der Waals surface area (Å²) in [4.78, 5) is 31.4. The van der Waals surface area contributed by atoms with Crippen molar-refractivity contribution in [3.63, 3.8) is 0 Å². The van der Waals surface area contributed by atoms with E-state index in [1.165, 1.54) is 6.08 Å². The Balaban J connectivity index is 1.98. The fourth-order valence-electron chi connectivity index (χ4n) is 3.09. The minimum absolute atomic E-state index is 0.0456. The van der Waals surface area contributed by atoms with Crippen molar-refractivity contribution in [2.24, 2.45) is 4.99 Å². The molecule has 3 aromatic rings. The molecule has 0 saturated carbocycles. The number of aromatic hydroxyl groups is 1. The van der Waals surface area contributed by atoms with Crippen LogP contribution in [-0.4, -0.2) is 20.4 Å². The van der Waals surface area contributed by atoms with Crippen LogP contribution >= 0.6 is 11.6 Å². The van der Waals surface area contributed by atoms with Gasteiger partial charge in [-0.05, 0) is 31.2 Å². The Labute approximate surface area is 158 Å². The maximum atomic E-state index is 12.4. The van der Waals surface area contributed by atoms with Crippen LogP contribution in [-0.2, 0) is 0 Å². The summed E-state index contributed by atoms with van der Waals surface area (Å²) in [5.41, 5.74) is 1.82. The standard InChI is InChI=1S/C20H14ClN3O3/c1-11-13(12-6-2-4-8-16(12)22-11)10-14-18(25)23-20(27)24(19(14)26)17-9-5-3-7-15(17)21/h2-10,26H,1H3,(H,23,25,27). The third-order valence-corrected chi connectivity index (χ3v) is 4.69. The van der Waals surface area contributed by atoms with Gasteiger partial charge in [0, 0.05) is 16.8 Å². The number of fused-ring (bicyclic) bond motifs is 1. The number of H-pyrrole nitrogens is 1. The summed E-state index contributed by atoms with van der Waals surface area (Å²) in [6, 6.07) is 14.1. The fraction of sp³-hybridized carbons (Fsp3) is 0.0500. The predicted octanol–water partition coefficient (Wildman–Crippen LogP) is 3.53. The zero-order valence-electron chi connectivity index (χ0n) is 14.2. The van der Waals surface area contributed by atoms with Gasteiger partial charge in [0.25, 0.3) is 5.56 Å². The molecule has 0 saturated heterocycles. The van der Waals surface area contributed by atoms with Crippen molar-refractivity contribution in [2.45, 2.75) is 6.92 Å². The molecule has 0 amide bonds. The van der Waals surface area contributed by atoms with Crippen LogP contribution in [0, 0.1) is 0 Å². The topological polar surface area (TPSA) is 87.4 Å². The lowest BCUT2D eigenvalue weighted by Crippen LogP contribution is -2.30. The highest BCUT2D eigenvalue weighted by Crippen LogP contribution is 2.36. The van der Waals surface area contributed by atoms with Gasteiger partial charge in [0.15, 0.2) is 0 Å². The van der Waals surface area contributed by atoms with E-state index in [2.05, 4.69) is 9.98 Å². The van der Waals surface area contributed by atoms with E-state index in [1.54, 1.807) is 24.3 Å². The molecular weight excluding hydrogens is 366 g/mol. The summed E-state index contributed by atoms with van der Waals surface area (Å²) < 4.78 is 0.976. The number of nitrogens with zero attached hydrogens (tertiary/aromatic N) is 2. The largest absolute Gasteiger partial charge is 0.494 e. The van der Waals surface area contributed by atoms with E-state index in [1.807, 2.05) is 31.2 Å². The monoisotopic (exact) mass is 379 g/mol. The normalized spacial score (nSPS) is 14.3. The number of aromatic amines is 1. The van der Waals surface area contributed by atoms with E-state index in [0.717, 1.165) is 15.8 Å².